The molecule has 0 radical (unpaired) electrons. The predicted molar refractivity (Wildman–Crippen MR) is 130 cm³/mol. The minimum Gasteiger partial charge on any atom is -0.341 e. The molecule has 1 saturated heterocycles. The molecule has 3 heterocycles. The van der Waals surface area contributed by atoms with Gasteiger partial charge in [-0.2, -0.15) is 0 Å². The minimum absolute atomic E-state index is 0.0927. The summed E-state index contributed by atoms with van der Waals surface area (Å²) in [6.07, 6.45) is 8.32. The van der Waals surface area contributed by atoms with Gasteiger partial charge in [-0.3, -0.25) is 9.89 Å². The second-order valence-electron chi connectivity index (χ2n) is 8.33. The van der Waals surface area contributed by atoms with E-state index in [4.69, 9.17) is 6.42 Å². The monoisotopic (exact) mass is 489 g/mol. The van der Waals surface area contributed by atoms with Crippen molar-refractivity contribution in [2.24, 2.45) is 4.99 Å². The van der Waals surface area contributed by atoms with E-state index in [0.29, 0.717) is 13.0 Å². The van der Waals surface area contributed by atoms with Crippen LogP contribution in [-0.4, -0.2) is 58.4 Å². The summed E-state index contributed by atoms with van der Waals surface area (Å²) in [4.78, 5) is 8.98. The largest absolute Gasteiger partial charge is 0.341 e. The Hall–Kier alpha value is -3.02. The third-order valence-electron chi connectivity index (χ3n) is 6.72. The first-order valence-corrected chi connectivity index (χ1v) is 11.5. The molecule has 1 spiro atoms. The molecule has 0 aliphatic carbocycles. The zero-order chi connectivity index (χ0) is 22.1. The maximum absolute atomic E-state index is 5.59. The van der Waals surface area contributed by atoms with Crippen molar-refractivity contribution in [1.82, 2.24) is 25.5 Å². The fourth-order valence-electron chi connectivity index (χ4n) is 5.15. The van der Waals surface area contributed by atoms with E-state index >= 15 is 0 Å². The van der Waals surface area contributed by atoms with Crippen molar-refractivity contribution in [2.45, 2.75) is 24.7 Å². The van der Waals surface area contributed by atoms with Crippen LogP contribution in [0.2, 0.25) is 0 Å². The van der Waals surface area contributed by atoms with Crippen molar-refractivity contribution in [3.8, 4) is 12.3 Å². The molecule has 3 aromatic rings. The molecule has 1 aromatic heterocycles. The van der Waals surface area contributed by atoms with Gasteiger partial charge in [-0.05, 0) is 77.5 Å². The molecule has 0 unspecified atom stereocenters. The van der Waals surface area contributed by atoms with Crippen LogP contribution in [0.5, 0.6) is 0 Å². The number of nitrogens with zero attached hydrogens (tertiary/aromatic N) is 6. The highest BCUT2D eigenvalue weighted by Gasteiger charge is 2.45. The third kappa shape index (κ3) is 3.51. The standard InChI is InChI=1S/C24H24BrN7/c1-3-11-31-13-9-24(10-14-31)19-15-17(25)4-6-21(19)32(12-8-23-27-29-30-28-23)22-7-5-18(26-2)16-20(22)24/h1,4-7,15-16H,2,8-14H2,(H,27,28,29,30). The minimum atomic E-state index is -0.0927. The number of tetrazole rings is 1. The highest BCUT2D eigenvalue weighted by molar-refractivity contribution is 9.10. The number of H-pyrrole nitrogens is 1. The molecule has 8 heteroatoms. The molecule has 2 aliphatic rings. The summed E-state index contributed by atoms with van der Waals surface area (Å²) in [6.45, 7) is 7.15. The van der Waals surface area contributed by atoms with Gasteiger partial charge >= 0.3 is 0 Å². The van der Waals surface area contributed by atoms with Crippen molar-refractivity contribution >= 4 is 39.7 Å². The average Bonchev–Trinajstić information content (AvgIpc) is 3.34. The van der Waals surface area contributed by atoms with Gasteiger partial charge in [0.1, 0.15) is 5.82 Å². The Kier molecular flexibility index (Phi) is 5.53. The van der Waals surface area contributed by atoms with Crippen molar-refractivity contribution in [3.05, 3.63) is 57.8 Å². The normalized spacial score (nSPS) is 16.9. The van der Waals surface area contributed by atoms with E-state index in [1.165, 1.54) is 22.5 Å². The number of benzene rings is 2. The maximum atomic E-state index is 5.59. The number of piperidine rings is 1. The number of hydrogen-bond donors (Lipinski definition) is 1. The number of hydrogen-bond acceptors (Lipinski definition) is 6. The Morgan fingerprint density at radius 1 is 1.16 bits per heavy atom. The zero-order valence-electron chi connectivity index (χ0n) is 17.8. The second-order valence-corrected chi connectivity index (χ2v) is 9.25. The third-order valence-corrected chi connectivity index (χ3v) is 7.21. The van der Waals surface area contributed by atoms with Crippen molar-refractivity contribution in [2.75, 3.05) is 31.1 Å². The predicted octanol–water partition coefficient (Wildman–Crippen LogP) is 4.00. The molecule has 0 amide bonds. The van der Waals surface area contributed by atoms with Crippen LogP contribution in [0, 0.1) is 12.3 Å². The lowest BCUT2D eigenvalue weighted by Crippen LogP contribution is -2.46. The van der Waals surface area contributed by atoms with Gasteiger partial charge in [-0.25, -0.2) is 5.10 Å². The first kappa shape index (κ1) is 20.9. The summed E-state index contributed by atoms with van der Waals surface area (Å²) in [6, 6.07) is 13.1. The van der Waals surface area contributed by atoms with Crippen LogP contribution in [0.15, 0.2) is 45.9 Å². The van der Waals surface area contributed by atoms with Crippen LogP contribution in [0.1, 0.15) is 29.8 Å². The molecule has 1 N–H and O–H groups in total. The highest BCUT2D eigenvalue weighted by atomic mass is 79.9. The summed E-state index contributed by atoms with van der Waals surface area (Å²) in [5.74, 6) is 3.57. The van der Waals surface area contributed by atoms with E-state index in [1.807, 2.05) is 6.07 Å². The Bertz CT molecular complexity index is 1170. The van der Waals surface area contributed by atoms with E-state index in [-0.39, 0.29) is 5.41 Å². The molecule has 0 bridgehead atoms. The number of aromatic nitrogens is 4. The molecule has 0 atom stereocenters. The number of fused-ring (bicyclic) bond motifs is 4. The zero-order valence-corrected chi connectivity index (χ0v) is 19.3. The van der Waals surface area contributed by atoms with Gasteiger partial charge in [0.25, 0.3) is 0 Å². The number of nitrogens with one attached hydrogen (secondary N) is 1. The Morgan fingerprint density at radius 3 is 2.59 bits per heavy atom. The Morgan fingerprint density at radius 2 is 1.91 bits per heavy atom. The lowest BCUT2D eigenvalue weighted by atomic mass is 9.65. The van der Waals surface area contributed by atoms with Crippen LogP contribution in [0.3, 0.4) is 0 Å². The molecule has 0 saturated carbocycles. The Balaban J connectivity index is 1.63. The van der Waals surface area contributed by atoms with E-state index < -0.39 is 0 Å². The molecule has 7 nitrogen and oxygen atoms in total. The first-order valence-electron chi connectivity index (χ1n) is 10.7. The summed E-state index contributed by atoms with van der Waals surface area (Å²) in [5.41, 5.74) is 5.90. The Labute approximate surface area is 196 Å². The fraction of sp³-hybridized carbons (Fsp3) is 0.333. The lowest BCUT2D eigenvalue weighted by molar-refractivity contribution is 0.197. The van der Waals surface area contributed by atoms with Crippen LogP contribution < -0.4 is 4.90 Å². The van der Waals surface area contributed by atoms with Crippen molar-refractivity contribution < 1.29 is 0 Å². The number of likely N-dealkylation sites (tertiary alicyclic amines) is 1. The number of aliphatic imine (C=N–C) groups is 1. The highest BCUT2D eigenvalue weighted by Crippen LogP contribution is 2.55. The van der Waals surface area contributed by atoms with Gasteiger partial charge < -0.3 is 4.90 Å². The molecular formula is C24H24BrN7. The van der Waals surface area contributed by atoms with Gasteiger partial charge in [0.05, 0.1) is 12.2 Å². The number of aromatic amines is 1. The topological polar surface area (TPSA) is 73.3 Å². The average molecular weight is 490 g/mol. The van der Waals surface area contributed by atoms with Gasteiger partial charge in [0.2, 0.25) is 0 Å². The lowest BCUT2D eigenvalue weighted by Gasteiger charge is -2.49. The number of rotatable bonds is 5. The van der Waals surface area contributed by atoms with Crippen LogP contribution in [-0.2, 0) is 11.8 Å². The van der Waals surface area contributed by atoms with E-state index in [1.54, 1.807) is 0 Å². The fourth-order valence-corrected chi connectivity index (χ4v) is 5.51. The first-order chi connectivity index (χ1) is 15.6. The molecular weight excluding hydrogens is 466 g/mol. The summed E-state index contributed by atoms with van der Waals surface area (Å²) >= 11 is 3.72. The molecule has 2 aromatic carbocycles. The van der Waals surface area contributed by atoms with Crippen LogP contribution in [0.4, 0.5) is 17.1 Å². The molecule has 32 heavy (non-hydrogen) atoms. The number of terminal acetylenes is 1. The maximum Gasteiger partial charge on any atom is 0.150 e. The molecule has 162 valence electrons. The van der Waals surface area contributed by atoms with E-state index in [9.17, 15) is 0 Å². The summed E-state index contributed by atoms with van der Waals surface area (Å²) in [7, 11) is 0. The van der Waals surface area contributed by atoms with Gasteiger partial charge in [-0.1, -0.05) is 21.9 Å². The number of halogens is 1. The number of anilines is 2. The smallest absolute Gasteiger partial charge is 0.150 e. The SMILES string of the molecule is C#CCN1CCC2(CC1)c1cc(Br)ccc1N(CCc1nnn[nH]1)c1ccc(N=C)cc12. The van der Waals surface area contributed by atoms with Crippen LogP contribution >= 0.6 is 15.9 Å². The van der Waals surface area contributed by atoms with E-state index in [2.05, 4.69) is 94.3 Å². The van der Waals surface area contributed by atoms with Crippen molar-refractivity contribution in [1.29, 1.82) is 0 Å². The second kappa shape index (κ2) is 8.49. The van der Waals surface area contributed by atoms with Gasteiger partial charge in [0, 0.05) is 47.3 Å². The summed E-state index contributed by atoms with van der Waals surface area (Å²) < 4.78 is 1.09. The van der Waals surface area contributed by atoms with Crippen molar-refractivity contribution in [3.63, 3.8) is 0 Å². The van der Waals surface area contributed by atoms with Gasteiger partial charge in [-0.15, -0.1) is 11.5 Å². The van der Waals surface area contributed by atoms with Gasteiger partial charge in [0.15, 0.2) is 0 Å². The molecule has 2 aliphatic heterocycles. The molecule has 1 fully saturated rings. The molecule has 5 rings (SSSR count). The van der Waals surface area contributed by atoms with Crippen LogP contribution in [0.25, 0.3) is 0 Å². The quantitative estimate of drug-likeness (QED) is 0.433. The summed E-state index contributed by atoms with van der Waals surface area (Å²) in [5, 5.41) is 14.4. The van der Waals surface area contributed by atoms with E-state index in [0.717, 1.165) is 48.5 Å².